The molecule has 3 N–H and O–H groups in total. The van der Waals surface area contributed by atoms with Crippen LogP contribution in [0.4, 0.5) is 4.39 Å². The van der Waals surface area contributed by atoms with E-state index in [0.29, 0.717) is 5.56 Å². The zero-order chi connectivity index (χ0) is 21.4. The molecule has 0 radical (unpaired) electrons. The number of hydrogen-bond donors (Lipinski definition) is 3. The van der Waals surface area contributed by atoms with Gasteiger partial charge in [0.15, 0.2) is 17.3 Å². The van der Waals surface area contributed by atoms with Gasteiger partial charge in [-0.1, -0.05) is 12.1 Å². The lowest BCUT2D eigenvalue weighted by molar-refractivity contribution is -0.229. The summed E-state index contributed by atoms with van der Waals surface area (Å²) in [5, 5.41) is 29.1. The van der Waals surface area contributed by atoms with E-state index in [-0.39, 0.29) is 27.7 Å². The van der Waals surface area contributed by atoms with Crippen LogP contribution in [0.2, 0.25) is 0 Å². The average molecular weight is 416 g/mol. The van der Waals surface area contributed by atoms with Crippen molar-refractivity contribution >= 4 is 16.8 Å². The van der Waals surface area contributed by atoms with Crippen molar-refractivity contribution in [1.82, 2.24) is 0 Å². The topological polar surface area (TPSA) is 126 Å². The van der Waals surface area contributed by atoms with Crippen molar-refractivity contribution in [3.63, 3.8) is 0 Å². The van der Waals surface area contributed by atoms with Crippen LogP contribution in [0, 0.1) is 5.82 Å². The summed E-state index contributed by atoms with van der Waals surface area (Å²) in [7, 11) is 0. The van der Waals surface area contributed by atoms with Crippen LogP contribution in [0.3, 0.4) is 0 Å². The van der Waals surface area contributed by atoms with E-state index in [9.17, 15) is 29.3 Å². The number of benzene rings is 2. The highest BCUT2D eigenvalue weighted by Crippen LogP contribution is 2.26. The first-order valence-corrected chi connectivity index (χ1v) is 9.03. The van der Waals surface area contributed by atoms with Gasteiger partial charge in [0, 0.05) is 6.07 Å². The van der Waals surface area contributed by atoms with E-state index in [0.717, 1.165) is 0 Å². The van der Waals surface area contributed by atoms with Gasteiger partial charge in [0.2, 0.25) is 6.29 Å². The third-order valence-corrected chi connectivity index (χ3v) is 4.84. The van der Waals surface area contributed by atoms with E-state index in [4.69, 9.17) is 13.9 Å². The molecule has 4 rings (SSSR count). The molecule has 9 heteroatoms. The normalized spacial score (nSPS) is 24.2. The Morgan fingerprint density at radius 1 is 1.03 bits per heavy atom. The Balaban J connectivity index is 1.63. The second-order valence-corrected chi connectivity index (χ2v) is 6.78. The van der Waals surface area contributed by atoms with Crippen LogP contribution in [0.5, 0.6) is 5.75 Å². The first kappa shape index (κ1) is 20.2. The number of carbonyl (C=O) groups is 1. The van der Waals surface area contributed by atoms with Crippen LogP contribution in [0.1, 0.15) is 0 Å². The van der Waals surface area contributed by atoms with Gasteiger partial charge < -0.3 is 29.2 Å². The summed E-state index contributed by atoms with van der Waals surface area (Å²) in [4.78, 5) is 24.7. The Morgan fingerprint density at radius 2 is 1.77 bits per heavy atom. The Morgan fingerprint density at radius 3 is 2.47 bits per heavy atom. The largest absolute Gasteiger partial charge is 0.463 e. The molecular weight excluding hydrogens is 399 g/mol. The van der Waals surface area contributed by atoms with Gasteiger partial charge in [-0.25, -0.2) is 4.39 Å². The van der Waals surface area contributed by atoms with Crippen LogP contribution in [-0.2, 0) is 9.53 Å². The SMILES string of the molecule is O=C1[C@@H](O)[C@H](Oc2ccc3c(=O)c(-c4ccc(F)cc4)coc3c2)O[C@H](CO)[C@H]1O. The minimum absolute atomic E-state index is 0.130. The molecule has 0 unspecified atom stereocenters. The summed E-state index contributed by atoms with van der Waals surface area (Å²) in [6.45, 7) is -0.641. The average Bonchev–Trinajstić information content (AvgIpc) is 2.75. The van der Waals surface area contributed by atoms with E-state index in [1.807, 2.05) is 0 Å². The Kier molecular flexibility index (Phi) is 5.35. The number of aliphatic hydroxyl groups is 3. The van der Waals surface area contributed by atoms with Crippen LogP contribution < -0.4 is 10.2 Å². The quantitative estimate of drug-likeness (QED) is 0.575. The van der Waals surface area contributed by atoms with Gasteiger partial charge in [-0.2, -0.15) is 0 Å². The monoisotopic (exact) mass is 416 g/mol. The molecule has 156 valence electrons. The molecule has 0 aliphatic carbocycles. The first-order valence-electron chi connectivity index (χ1n) is 9.03. The number of carbonyl (C=O) groups excluding carboxylic acids is 1. The highest BCUT2D eigenvalue weighted by molar-refractivity contribution is 5.88. The van der Waals surface area contributed by atoms with Crippen molar-refractivity contribution in [3.8, 4) is 16.9 Å². The molecule has 3 aromatic rings. The van der Waals surface area contributed by atoms with Gasteiger partial charge in [-0.15, -0.1) is 0 Å². The number of Topliss-reactive ketones (excluding diaryl/α,β-unsaturated/α-hetero) is 1. The van der Waals surface area contributed by atoms with Crippen LogP contribution >= 0.6 is 0 Å². The molecule has 2 heterocycles. The maximum atomic E-state index is 13.1. The summed E-state index contributed by atoms with van der Waals surface area (Å²) in [6, 6.07) is 9.66. The molecule has 2 aromatic carbocycles. The third kappa shape index (κ3) is 3.59. The highest BCUT2D eigenvalue weighted by atomic mass is 19.1. The second kappa shape index (κ2) is 7.96. The molecule has 1 fully saturated rings. The highest BCUT2D eigenvalue weighted by Gasteiger charge is 2.44. The predicted octanol–water partition coefficient (Wildman–Crippen LogP) is 0.986. The van der Waals surface area contributed by atoms with Crippen LogP contribution in [-0.4, -0.2) is 52.3 Å². The van der Waals surface area contributed by atoms with Gasteiger partial charge in [0.1, 0.15) is 35.6 Å². The van der Waals surface area contributed by atoms with Crippen LogP contribution in [0.25, 0.3) is 22.1 Å². The van der Waals surface area contributed by atoms with Gasteiger partial charge in [0.25, 0.3) is 0 Å². The lowest BCUT2D eigenvalue weighted by atomic mass is 10.0. The smallest absolute Gasteiger partial charge is 0.233 e. The van der Waals surface area contributed by atoms with Gasteiger partial charge in [-0.3, -0.25) is 9.59 Å². The molecule has 1 saturated heterocycles. The number of ether oxygens (including phenoxy) is 2. The molecule has 8 nitrogen and oxygen atoms in total. The zero-order valence-electron chi connectivity index (χ0n) is 15.4. The molecule has 4 atom stereocenters. The fourth-order valence-corrected chi connectivity index (χ4v) is 3.19. The maximum Gasteiger partial charge on any atom is 0.233 e. The van der Waals surface area contributed by atoms with Crippen molar-refractivity contribution in [2.45, 2.75) is 24.6 Å². The minimum Gasteiger partial charge on any atom is -0.463 e. The fraction of sp³-hybridized carbons (Fsp3) is 0.238. The number of rotatable bonds is 4. The molecular formula is C21H17FO8. The van der Waals surface area contributed by atoms with Crippen molar-refractivity contribution in [2.75, 3.05) is 6.61 Å². The van der Waals surface area contributed by atoms with Crippen molar-refractivity contribution in [1.29, 1.82) is 0 Å². The Bertz CT molecular complexity index is 1140. The fourth-order valence-electron chi connectivity index (χ4n) is 3.19. The van der Waals surface area contributed by atoms with E-state index >= 15 is 0 Å². The molecule has 1 aliphatic rings. The molecule has 30 heavy (non-hydrogen) atoms. The lowest BCUT2D eigenvalue weighted by Gasteiger charge is -2.34. The summed E-state index contributed by atoms with van der Waals surface area (Å²) in [5.41, 5.74) is 0.603. The number of ketones is 1. The first-order chi connectivity index (χ1) is 14.4. The van der Waals surface area contributed by atoms with Gasteiger partial charge in [-0.05, 0) is 29.8 Å². The van der Waals surface area contributed by atoms with E-state index in [2.05, 4.69) is 0 Å². The van der Waals surface area contributed by atoms with Crippen molar-refractivity contribution < 1.29 is 38.4 Å². The minimum atomic E-state index is -1.76. The molecule has 1 aliphatic heterocycles. The van der Waals surface area contributed by atoms with Gasteiger partial charge in [0.05, 0.1) is 17.6 Å². The summed E-state index contributed by atoms with van der Waals surface area (Å²) >= 11 is 0. The van der Waals surface area contributed by atoms with Crippen LogP contribution in [0.15, 0.2) is 57.9 Å². The molecule has 1 aromatic heterocycles. The molecule has 0 spiro atoms. The number of halogens is 1. The van der Waals surface area contributed by atoms with E-state index < -0.39 is 42.8 Å². The lowest BCUT2D eigenvalue weighted by Crippen LogP contribution is -2.57. The molecule has 0 amide bonds. The Labute approximate surface area is 168 Å². The summed E-state index contributed by atoms with van der Waals surface area (Å²) in [6.07, 6.45) is -4.87. The third-order valence-electron chi connectivity index (χ3n) is 4.84. The summed E-state index contributed by atoms with van der Waals surface area (Å²) in [5.74, 6) is -1.22. The number of fused-ring (bicyclic) bond motifs is 1. The molecule has 0 bridgehead atoms. The van der Waals surface area contributed by atoms with Crippen molar-refractivity contribution in [3.05, 3.63) is 64.8 Å². The molecule has 0 saturated carbocycles. The second-order valence-electron chi connectivity index (χ2n) is 6.78. The standard InChI is InChI=1S/C21H17FO8/c22-11-3-1-10(2-4-11)14-9-28-15-7-12(5-6-13(15)17(14)24)29-21-20(27)19(26)18(25)16(8-23)30-21/h1-7,9,16,18,20-21,23,25,27H,8H2/t16-,18-,20-,21-/m1/s1. The van der Waals surface area contributed by atoms with E-state index in [1.165, 1.54) is 48.7 Å². The maximum absolute atomic E-state index is 13.1. The zero-order valence-corrected chi connectivity index (χ0v) is 15.4. The van der Waals surface area contributed by atoms with E-state index in [1.54, 1.807) is 0 Å². The van der Waals surface area contributed by atoms with Gasteiger partial charge >= 0.3 is 0 Å². The summed E-state index contributed by atoms with van der Waals surface area (Å²) < 4.78 is 29.4. The Hall–Kier alpha value is -3.11. The number of hydrogen-bond acceptors (Lipinski definition) is 8. The number of aliphatic hydroxyl groups excluding tert-OH is 3. The predicted molar refractivity (Wildman–Crippen MR) is 101 cm³/mol. The van der Waals surface area contributed by atoms with Crippen molar-refractivity contribution in [2.24, 2.45) is 0 Å².